The highest BCUT2D eigenvalue weighted by Crippen LogP contribution is 2.19. The highest BCUT2D eigenvalue weighted by molar-refractivity contribution is 6.05. The van der Waals surface area contributed by atoms with E-state index in [4.69, 9.17) is 0 Å². The van der Waals surface area contributed by atoms with Crippen LogP contribution >= 0.6 is 0 Å². The topological polar surface area (TPSA) is 69.8 Å². The summed E-state index contributed by atoms with van der Waals surface area (Å²) in [6.07, 6.45) is 0.887. The molecule has 0 spiro atoms. The number of aryl methyl sites for hydroxylation is 1. The summed E-state index contributed by atoms with van der Waals surface area (Å²) in [5.41, 5.74) is 4.03. The van der Waals surface area contributed by atoms with E-state index in [0.717, 1.165) is 36.3 Å². The van der Waals surface area contributed by atoms with Gasteiger partial charge in [-0.1, -0.05) is 12.1 Å². The number of nitrogens with zero attached hydrogens (tertiary/aromatic N) is 1. The maximum absolute atomic E-state index is 12.3. The summed E-state index contributed by atoms with van der Waals surface area (Å²) in [5, 5.41) is 13.0. The summed E-state index contributed by atoms with van der Waals surface area (Å²) >= 11 is 0. The fourth-order valence-electron chi connectivity index (χ4n) is 2.41. The Morgan fingerprint density at radius 2 is 2.32 bits per heavy atom. The van der Waals surface area contributed by atoms with Crippen molar-refractivity contribution in [2.45, 2.75) is 19.9 Å². The number of amides is 1. The SMILES string of the molecule is Cc1cc(NC(=O)c2cccc3c2CCNC3)n[nH]1. The normalized spacial score (nSPS) is 13.9. The van der Waals surface area contributed by atoms with Crippen molar-refractivity contribution in [1.82, 2.24) is 15.5 Å². The molecule has 0 radical (unpaired) electrons. The Hall–Kier alpha value is -2.14. The van der Waals surface area contributed by atoms with Gasteiger partial charge >= 0.3 is 0 Å². The van der Waals surface area contributed by atoms with E-state index in [-0.39, 0.29) is 5.91 Å². The minimum atomic E-state index is -0.0924. The molecule has 0 saturated carbocycles. The molecule has 19 heavy (non-hydrogen) atoms. The van der Waals surface area contributed by atoms with Gasteiger partial charge in [0.2, 0.25) is 0 Å². The predicted octanol–water partition coefficient (Wildman–Crippen LogP) is 1.62. The van der Waals surface area contributed by atoms with E-state index in [1.54, 1.807) is 0 Å². The standard InChI is InChI=1S/C14H16N4O/c1-9-7-13(18-17-9)16-14(19)12-4-2-3-10-8-15-6-5-11(10)12/h2-4,7,15H,5-6,8H2,1H3,(H2,16,17,18,19). The van der Waals surface area contributed by atoms with Gasteiger partial charge in [-0.05, 0) is 37.1 Å². The van der Waals surface area contributed by atoms with Gasteiger partial charge in [0.15, 0.2) is 5.82 Å². The van der Waals surface area contributed by atoms with Crippen molar-refractivity contribution in [1.29, 1.82) is 0 Å². The summed E-state index contributed by atoms with van der Waals surface area (Å²) in [7, 11) is 0. The molecule has 5 nitrogen and oxygen atoms in total. The van der Waals surface area contributed by atoms with Gasteiger partial charge in [0, 0.05) is 23.9 Å². The first-order chi connectivity index (χ1) is 9.24. The Kier molecular flexibility index (Phi) is 3.05. The van der Waals surface area contributed by atoms with Gasteiger partial charge in [-0.25, -0.2) is 0 Å². The van der Waals surface area contributed by atoms with Crippen LogP contribution in [0.15, 0.2) is 24.3 Å². The third kappa shape index (κ3) is 2.37. The second kappa shape index (κ2) is 4.85. The third-order valence-corrected chi connectivity index (χ3v) is 3.33. The van der Waals surface area contributed by atoms with Crippen molar-refractivity contribution in [3.8, 4) is 0 Å². The molecule has 98 valence electrons. The average Bonchev–Trinajstić information content (AvgIpc) is 2.83. The molecule has 2 aromatic rings. The quantitative estimate of drug-likeness (QED) is 0.764. The zero-order valence-electron chi connectivity index (χ0n) is 10.8. The van der Waals surface area contributed by atoms with E-state index < -0.39 is 0 Å². The van der Waals surface area contributed by atoms with Crippen molar-refractivity contribution < 1.29 is 4.79 Å². The molecule has 0 saturated heterocycles. The number of rotatable bonds is 2. The Balaban J connectivity index is 1.87. The van der Waals surface area contributed by atoms with Crippen LogP contribution in [-0.2, 0) is 13.0 Å². The molecule has 3 N–H and O–H groups in total. The predicted molar refractivity (Wildman–Crippen MR) is 73.1 cm³/mol. The molecule has 0 bridgehead atoms. The number of aromatic amines is 1. The van der Waals surface area contributed by atoms with Crippen LogP contribution < -0.4 is 10.6 Å². The zero-order valence-corrected chi connectivity index (χ0v) is 10.8. The molecule has 1 aliphatic rings. The molecular formula is C14H16N4O. The number of carbonyl (C=O) groups excluding carboxylic acids is 1. The molecule has 0 unspecified atom stereocenters. The first-order valence-electron chi connectivity index (χ1n) is 6.39. The average molecular weight is 256 g/mol. The Labute approximate surface area is 111 Å². The molecule has 1 amide bonds. The van der Waals surface area contributed by atoms with Crippen LogP contribution in [0, 0.1) is 6.92 Å². The zero-order chi connectivity index (χ0) is 13.2. The van der Waals surface area contributed by atoms with E-state index in [9.17, 15) is 4.79 Å². The molecule has 0 aliphatic carbocycles. The summed E-state index contributed by atoms with van der Waals surface area (Å²) in [5.74, 6) is 0.472. The maximum Gasteiger partial charge on any atom is 0.257 e. The fourth-order valence-corrected chi connectivity index (χ4v) is 2.41. The summed E-state index contributed by atoms with van der Waals surface area (Å²) in [6.45, 7) is 3.65. The van der Waals surface area contributed by atoms with Crippen LogP contribution in [0.3, 0.4) is 0 Å². The van der Waals surface area contributed by atoms with E-state index in [2.05, 4.69) is 26.9 Å². The number of carbonyl (C=O) groups is 1. The van der Waals surface area contributed by atoms with Gasteiger partial charge in [0.1, 0.15) is 0 Å². The van der Waals surface area contributed by atoms with E-state index in [0.29, 0.717) is 5.82 Å². The molecule has 0 fully saturated rings. The van der Waals surface area contributed by atoms with E-state index in [1.165, 1.54) is 5.56 Å². The van der Waals surface area contributed by atoms with E-state index in [1.807, 2.05) is 25.1 Å². The second-order valence-electron chi connectivity index (χ2n) is 4.76. The van der Waals surface area contributed by atoms with Crippen molar-refractivity contribution in [3.63, 3.8) is 0 Å². The van der Waals surface area contributed by atoms with Crippen LogP contribution in [0.25, 0.3) is 0 Å². The molecule has 5 heteroatoms. The lowest BCUT2D eigenvalue weighted by molar-refractivity contribution is 0.102. The van der Waals surface area contributed by atoms with Gasteiger partial charge in [-0.2, -0.15) is 5.10 Å². The Morgan fingerprint density at radius 3 is 3.11 bits per heavy atom. The number of fused-ring (bicyclic) bond motifs is 1. The monoisotopic (exact) mass is 256 g/mol. The number of hydrogen-bond acceptors (Lipinski definition) is 3. The largest absolute Gasteiger partial charge is 0.312 e. The van der Waals surface area contributed by atoms with Crippen LogP contribution in [-0.4, -0.2) is 22.6 Å². The number of H-pyrrole nitrogens is 1. The van der Waals surface area contributed by atoms with Gasteiger partial charge < -0.3 is 10.6 Å². The fraction of sp³-hybridized carbons (Fsp3) is 0.286. The van der Waals surface area contributed by atoms with Gasteiger partial charge in [0.25, 0.3) is 5.91 Å². The lowest BCUT2D eigenvalue weighted by atomic mass is 9.95. The lowest BCUT2D eigenvalue weighted by Crippen LogP contribution is -2.26. The molecule has 2 heterocycles. The minimum absolute atomic E-state index is 0.0924. The molecule has 1 aromatic carbocycles. The molecule has 0 atom stereocenters. The van der Waals surface area contributed by atoms with Gasteiger partial charge in [0.05, 0.1) is 0 Å². The first kappa shape index (κ1) is 11.9. The van der Waals surface area contributed by atoms with Crippen LogP contribution in [0.1, 0.15) is 27.2 Å². The first-order valence-corrected chi connectivity index (χ1v) is 6.39. The van der Waals surface area contributed by atoms with Gasteiger partial charge in [-0.3, -0.25) is 9.89 Å². The van der Waals surface area contributed by atoms with Crippen LogP contribution in [0.2, 0.25) is 0 Å². The smallest absolute Gasteiger partial charge is 0.257 e. The third-order valence-electron chi connectivity index (χ3n) is 3.33. The molecule has 3 rings (SSSR count). The van der Waals surface area contributed by atoms with Crippen LogP contribution in [0.4, 0.5) is 5.82 Å². The summed E-state index contributed by atoms with van der Waals surface area (Å²) < 4.78 is 0. The molecular weight excluding hydrogens is 240 g/mol. The van der Waals surface area contributed by atoms with Crippen molar-refractivity contribution >= 4 is 11.7 Å². The second-order valence-corrected chi connectivity index (χ2v) is 4.76. The Bertz CT molecular complexity index is 618. The highest BCUT2D eigenvalue weighted by Gasteiger charge is 2.17. The minimum Gasteiger partial charge on any atom is -0.312 e. The summed E-state index contributed by atoms with van der Waals surface area (Å²) in [4.78, 5) is 12.3. The number of hydrogen-bond donors (Lipinski definition) is 3. The van der Waals surface area contributed by atoms with Crippen molar-refractivity contribution in [3.05, 3.63) is 46.6 Å². The van der Waals surface area contributed by atoms with Crippen molar-refractivity contribution in [2.75, 3.05) is 11.9 Å². The Morgan fingerprint density at radius 1 is 1.42 bits per heavy atom. The van der Waals surface area contributed by atoms with Crippen LogP contribution in [0.5, 0.6) is 0 Å². The van der Waals surface area contributed by atoms with Crippen molar-refractivity contribution in [2.24, 2.45) is 0 Å². The summed E-state index contributed by atoms with van der Waals surface area (Å²) in [6, 6.07) is 7.68. The van der Waals surface area contributed by atoms with Gasteiger partial charge in [-0.15, -0.1) is 0 Å². The maximum atomic E-state index is 12.3. The number of benzene rings is 1. The number of anilines is 1. The van der Waals surface area contributed by atoms with E-state index >= 15 is 0 Å². The lowest BCUT2D eigenvalue weighted by Gasteiger charge is -2.19. The number of aromatic nitrogens is 2. The molecule has 1 aromatic heterocycles. The number of nitrogens with one attached hydrogen (secondary N) is 3. The molecule has 1 aliphatic heterocycles. The highest BCUT2D eigenvalue weighted by atomic mass is 16.1.